The number of fused-ring (bicyclic) bond motifs is 2. The van der Waals surface area contributed by atoms with Crippen molar-refractivity contribution in [2.75, 3.05) is 3.53 Å². The van der Waals surface area contributed by atoms with Crippen molar-refractivity contribution in [3.05, 3.63) is 47.9 Å². The van der Waals surface area contributed by atoms with E-state index in [0.717, 1.165) is 10.9 Å². The summed E-state index contributed by atoms with van der Waals surface area (Å²) >= 11 is -1.37. The number of H-pyrrole nitrogens is 1. The maximum Gasteiger partial charge on any atom is 0.271 e. The summed E-state index contributed by atoms with van der Waals surface area (Å²) in [5.74, 6) is 0.600. The second kappa shape index (κ2) is 6.69. The number of aromatic amines is 1. The zero-order valence-corrected chi connectivity index (χ0v) is 17.4. The Labute approximate surface area is 173 Å². The molecule has 29 heavy (non-hydrogen) atoms. The topological polar surface area (TPSA) is 114 Å². The fourth-order valence-electron chi connectivity index (χ4n) is 3.47. The Bertz CT molecular complexity index is 1400. The molecule has 2 N–H and O–H groups in total. The predicted molar refractivity (Wildman–Crippen MR) is 111 cm³/mol. The lowest BCUT2D eigenvalue weighted by atomic mass is 9.94. The van der Waals surface area contributed by atoms with E-state index in [2.05, 4.69) is 28.9 Å². The van der Waals surface area contributed by atoms with Gasteiger partial charge in [-0.15, -0.1) is 0 Å². The monoisotopic (exact) mass is 505 g/mol. The van der Waals surface area contributed by atoms with Crippen molar-refractivity contribution in [1.29, 1.82) is 0 Å². The summed E-state index contributed by atoms with van der Waals surface area (Å²) in [5, 5.41) is 11.5. The van der Waals surface area contributed by atoms with Gasteiger partial charge < -0.3 is 8.92 Å². The molecule has 0 amide bonds. The highest BCUT2D eigenvalue weighted by Crippen LogP contribution is 2.39. The molecule has 0 unspecified atom stereocenters. The molecule has 0 bridgehead atoms. The molecular formula is C18H13FIN7O2. The zero-order chi connectivity index (χ0) is 20.1. The predicted octanol–water partition coefficient (Wildman–Crippen LogP) is 4.33. The smallest absolute Gasteiger partial charge is 0.271 e. The minimum Gasteiger partial charge on any atom is -0.334 e. The quantitative estimate of drug-likeness (QED) is 0.276. The van der Waals surface area contributed by atoms with Crippen LogP contribution in [-0.2, 0) is 3.07 Å². The summed E-state index contributed by atoms with van der Waals surface area (Å²) < 4.78 is 36.1. The van der Waals surface area contributed by atoms with Crippen molar-refractivity contribution in [2.24, 2.45) is 0 Å². The first kappa shape index (κ1) is 17.8. The van der Waals surface area contributed by atoms with E-state index in [1.165, 1.54) is 0 Å². The Morgan fingerprint density at radius 2 is 2.07 bits per heavy atom. The number of nitrogens with one attached hydrogen (secondary N) is 2. The van der Waals surface area contributed by atoms with Crippen molar-refractivity contribution in [3.63, 3.8) is 0 Å². The lowest BCUT2D eigenvalue weighted by Crippen LogP contribution is -1.97. The molecule has 0 saturated heterocycles. The minimum absolute atomic E-state index is 0.102. The standard InChI is InChI=1S/C18H13FIN7O2/c1-8-14(10-3-4-13-23-12(24-20-28)7-27(13)6-10)11-5-21-25-17(11)15(16(8)19)18-22-9(2)26-29-18/h3-7H,1-2H3,(H,21,25)(H,24,28). The highest BCUT2D eigenvalue weighted by atomic mass is 127. The first-order valence-electron chi connectivity index (χ1n) is 8.54. The van der Waals surface area contributed by atoms with E-state index in [0.29, 0.717) is 33.9 Å². The van der Waals surface area contributed by atoms with Gasteiger partial charge in [-0.3, -0.25) is 8.63 Å². The van der Waals surface area contributed by atoms with Gasteiger partial charge in [0.15, 0.2) is 11.6 Å². The normalized spacial score (nSPS) is 11.6. The van der Waals surface area contributed by atoms with Crippen LogP contribution >= 0.6 is 21.5 Å². The number of rotatable bonds is 4. The van der Waals surface area contributed by atoms with Gasteiger partial charge in [0.25, 0.3) is 27.4 Å². The maximum absolute atomic E-state index is 15.4. The Hall–Kier alpha value is -3.22. The molecule has 146 valence electrons. The van der Waals surface area contributed by atoms with Gasteiger partial charge in [0.2, 0.25) is 0 Å². The Morgan fingerprint density at radius 3 is 2.83 bits per heavy atom. The molecule has 11 heteroatoms. The van der Waals surface area contributed by atoms with E-state index >= 15 is 4.39 Å². The third-order valence-corrected chi connectivity index (χ3v) is 5.47. The summed E-state index contributed by atoms with van der Waals surface area (Å²) in [5.41, 5.74) is 3.30. The molecule has 9 nitrogen and oxygen atoms in total. The molecule has 0 spiro atoms. The first-order valence-corrected chi connectivity index (χ1v) is 10.5. The van der Waals surface area contributed by atoms with Gasteiger partial charge in [0, 0.05) is 17.1 Å². The third-order valence-electron chi connectivity index (χ3n) is 4.70. The van der Waals surface area contributed by atoms with Gasteiger partial charge in [-0.1, -0.05) is 5.16 Å². The summed E-state index contributed by atoms with van der Waals surface area (Å²) in [7, 11) is 0. The van der Waals surface area contributed by atoms with Gasteiger partial charge in [-0.25, -0.2) is 12.4 Å². The lowest BCUT2D eigenvalue weighted by Gasteiger charge is -2.12. The first-order chi connectivity index (χ1) is 14.1. The SMILES string of the molecule is Cc1noc(-c2c(F)c(C)c(-c3ccc4nc(NI=O)cn4c3)c3cn[nH]c23)n1. The van der Waals surface area contributed by atoms with E-state index < -0.39 is 27.3 Å². The molecule has 0 aliphatic carbocycles. The Morgan fingerprint density at radius 1 is 1.21 bits per heavy atom. The van der Waals surface area contributed by atoms with Crippen LogP contribution in [0.15, 0.2) is 35.2 Å². The fraction of sp³-hybridized carbons (Fsp3) is 0.111. The number of hydrogen-bond acceptors (Lipinski definition) is 6. The molecule has 5 aromatic rings. The number of halogens is 2. The number of nitrogens with zero attached hydrogens (tertiary/aromatic N) is 5. The number of anilines is 1. The van der Waals surface area contributed by atoms with Crippen LogP contribution in [0, 0.1) is 19.7 Å². The van der Waals surface area contributed by atoms with Gasteiger partial charge >= 0.3 is 0 Å². The molecule has 4 heterocycles. The fourth-order valence-corrected chi connectivity index (χ4v) is 3.96. The molecule has 0 aliphatic heterocycles. The van der Waals surface area contributed by atoms with Crippen LogP contribution in [-0.4, -0.2) is 29.7 Å². The van der Waals surface area contributed by atoms with E-state index in [-0.39, 0.29) is 11.5 Å². The number of imidazole rings is 1. The lowest BCUT2D eigenvalue weighted by molar-refractivity contribution is 0.423. The molecule has 0 aliphatic rings. The van der Waals surface area contributed by atoms with E-state index in [9.17, 15) is 3.07 Å². The summed E-state index contributed by atoms with van der Waals surface area (Å²) in [6.45, 7) is 3.38. The second-order valence-electron chi connectivity index (χ2n) is 6.48. The summed E-state index contributed by atoms with van der Waals surface area (Å²) in [4.78, 5) is 8.51. The van der Waals surface area contributed by atoms with Crippen LogP contribution in [0.25, 0.3) is 39.1 Å². The van der Waals surface area contributed by atoms with E-state index in [4.69, 9.17) is 4.52 Å². The van der Waals surface area contributed by atoms with E-state index in [1.807, 2.05) is 18.3 Å². The molecule has 1 aromatic carbocycles. The van der Waals surface area contributed by atoms with Crippen molar-refractivity contribution >= 4 is 43.8 Å². The van der Waals surface area contributed by atoms with Gasteiger partial charge in [0.1, 0.15) is 17.0 Å². The molecule has 5 rings (SSSR count). The average Bonchev–Trinajstić information content (AvgIpc) is 3.42. The zero-order valence-electron chi connectivity index (χ0n) is 15.2. The number of aryl methyl sites for hydroxylation is 1. The molecule has 4 aromatic heterocycles. The third kappa shape index (κ3) is 2.80. The average molecular weight is 505 g/mol. The Kier molecular flexibility index (Phi) is 4.12. The van der Waals surface area contributed by atoms with Crippen molar-refractivity contribution in [3.8, 4) is 22.6 Å². The van der Waals surface area contributed by atoms with Gasteiger partial charge in [0.05, 0.1) is 17.9 Å². The molecular weight excluding hydrogens is 492 g/mol. The van der Waals surface area contributed by atoms with Crippen molar-refractivity contribution in [2.45, 2.75) is 13.8 Å². The number of pyridine rings is 1. The van der Waals surface area contributed by atoms with Crippen molar-refractivity contribution in [1.82, 2.24) is 29.7 Å². The molecule has 0 fully saturated rings. The van der Waals surface area contributed by atoms with E-state index in [1.54, 1.807) is 30.6 Å². The Balaban J connectivity index is 1.76. The van der Waals surface area contributed by atoms with Gasteiger partial charge in [-0.2, -0.15) is 10.1 Å². The highest BCUT2D eigenvalue weighted by Gasteiger charge is 2.24. The summed E-state index contributed by atoms with van der Waals surface area (Å²) in [6.07, 6.45) is 5.24. The second-order valence-corrected chi connectivity index (χ2v) is 7.46. The van der Waals surface area contributed by atoms with Gasteiger partial charge in [-0.05, 0) is 37.1 Å². The van der Waals surface area contributed by atoms with Crippen LogP contribution in [0.4, 0.5) is 10.2 Å². The number of aromatic nitrogens is 6. The molecule has 0 saturated carbocycles. The number of hydrogen-bond donors (Lipinski definition) is 2. The minimum atomic E-state index is -1.37. The largest absolute Gasteiger partial charge is 0.334 e. The maximum atomic E-state index is 15.4. The number of benzene rings is 1. The van der Waals surface area contributed by atoms with Crippen LogP contribution in [0.3, 0.4) is 0 Å². The molecule has 0 atom stereocenters. The highest BCUT2D eigenvalue weighted by molar-refractivity contribution is 14.1. The summed E-state index contributed by atoms with van der Waals surface area (Å²) in [6, 6.07) is 3.69. The van der Waals surface area contributed by atoms with Crippen molar-refractivity contribution < 1.29 is 12.0 Å². The molecule has 0 radical (unpaired) electrons. The van der Waals surface area contributed by atoms with Crippen LogP contribution in [0.5, 0.6) is 0 Å². The van der Waals surface area contributed by atoms with Crippen LogP contribution < -0.4 is 3.53 Å². The van der Waals surface area contributed by atoms with Crippen LogP contribution in [0.1, 0.15) is 11.4 Å². The van der Waals surface area contributed by atoms with Crippen LogP contribution in [0.2, 0.25) is 0 Å².